The summed E-state index contributed by atoms with van der Waals surface area (Å²) in [5, 5.41) is 12.0. The molecule has 1 aliphatic carbocycles. The first-order valence-corrected chi connectivity index (χ1v) is 11.5. The number of nitrogens with one attached hydrogen (secondary N) is 1. The van der Waals surface area contributed by atoms with Crippen molar-refractivity contribution in [2.75, 3.05) is 11.1 Å². The van der Waals surface area contributed by atoms with Gasteiger partial charge >= 0.3 is 0 Å². The third-order valence-electron chi connectivity index (χ3n) is 5.58. The summed E-state index contributed by atoms with van der Waals surface area (Å²) in [5.41, 5.74) is 1.67. The number of para-hydroxylation sites is 1. The number of carbonyl (C=O) groups is 1. The summed E-state index contributed by atoms with van der Waals surface area (Å²) in [7, 11) is 0. The molecule has 160 valence electrons. The number of benzene rings is 2. The van der Waals surface area contributed by atoms with E-state index >= 15 is 0 Å². The van der Waals surface area contributed by atoms with E-state index in [9.17, 15) is 4.79 Å². The van der Waals surface area contributed by atoms with Gasteiger partial charge in [0, 0.05) is 30.3 Å². The molecule has 1 aromatic heterocycles. The molecule has 0 radical (unpaired) electrons. The normalized spacial score (nSPS) is 16.4. The Hall–Kier alpha value is -3.00. The number of fused-ring (bicyclic) bond motifs is 1. The van der Waals surface area contributed by atoms with Gasteiger partial charge in [-0.05, 0) is 44.0 Å². The Morgan fingerprint density at radius 3 is 2.65 bits per heavy atom. The first-order valence-electron chi connectivity index (χ1n) is 10.5. The molecule has 5 rings (SSSR count). The SMILES string of the molecule is Cc1nnc(SCC(=O)Nc2ccc3c(c2)OC2(CCCCC2)O3)n1-c1ccccc1. The van der Waals surface area contributed by atoms with Crippen LogP contribution in [0.15, 0.2) is 53.7 Å². The molecule has 8 heteroatoms. The smallest absolute Gasteiger partial charge is 0.251 e. The standard InChI is InChI=1S/C23H24N4O3S/c1-16-25-26-22(27(16)18-8-4-2-5-9-18)31-15-21(28)24-17-10-11-19-20(14-17)30-23(29-19)12-6-3-7-13-23/h2,4-5,8-11,14H,3,6-7,12-13,15H2,1H3,(H,24,28). The van der Waals surface area contributed by atoms with Gasteiger partial charge in [0.1, 0.15) is 5.82 Å². The van der Waals surface area contributed by atoms with Crippen molar-refractivity contribution >= 4 is 23.4 Å². The Labute approximate surface area is 185 Å². The average molecular weight is 437 g/mol. The minimum atomic E-state index is -0.515. The average Bonchev–Trinajstić information content (AvgIpc) is 3.32. The number of hydrogen-bond acceptors (Lipinski definition) is 6. The summed E-state index contributed by atoms with van der Waals surface area (Å²) in [6, 6.07) is 15.4. The van der Waals surface area contributed by atoms with Gasteiger partial charge in [-0.3, -0.25) is 9.36 Å². The van der Waals surface area contributed by atoms with Crippen molar-refractivity contribution in [1.29, 1.82) is 0 Å². The van der Waals surface area contributed by atoms with Crippen LogP contribution >= 0.6 is 11.8 Å². The zero-order valence-corrected chi connectivity index (χ0v) is 18.2. The van der Waals surface area contributed by atoms with Crippen molar-refractivity contribution in [2.24, 2.45) is 0 Å². The molecular weight excluding hydrogens is 412 g/mol. The number of amides is 1. The molecule has 7 nitrogen and oxygen atoms in total. The lowest BCUT2D eigenvalue weighted by atomic mass is 9.94. The lowest BCUT2D eigenvalue weighted by molar-refractivity contribution is -0.113. The fourth-order valence-electron chi connectivity index (χ4n) is 4.10. The van der Waals surface area contributed by atoms with Gasteiger partial charge < -0.3 is 14.8 Å². The second-order valence-corrected chi connectivity index (χ2v) is 8.82. The van der Waals surface area contributed by atoms with Crippen LogP contribution in [0.5, 0.6) is 11.5 Å². The van der Waals surface area contributed by atoms with Gasteiger partial charge in [0.15, 0.2) is 16.7 Å². The number of anilines is 1. The molecule has 0 atom stereocenters. The van der Waals surface area contributed by atoms with Crippen molar-refractivity contribution in [1.82, 2.24) is 14.8 Å². The Morgan fingerprint density at radius 2 is 1.84 bits per heavy atom. The third-order valence-corrected chi connectivity index (χ3v) is 6.51. The predicted molar refractivity (Wildman–Crippen MR) is 119 cm³/mol. The highest BCUT2D eigenvalue weighted by Crippen LogP contribution is 2.46. The fourth-order valence-corrected chi connectivity index (χ4v) is 4.90. The minimum absolute atomic E-state index is 0.114. The van der Waals surface area contributed by atoms with Gasteiger partial charge in [0.25, 0.3) is 5.79 Å². The zero-order valence-electron chi connectivity index (χ0n) is 17.3. The number of ether oxygens (including phenoxy) is 2. The van der Waals surface area contributed by atoms with E-state index in [4.69, 9.17) is 9.47 Å². The van der Waals surface area contributed by atoms with Gasteiger partial charge in [0.05, 0.1) is 5.75 Å². The summed E-state index contributed by atoms with van der Waals surface area (Å²) >= 11 is 1.35. The fraction of sp³-hybridized carbons (Fsp3) is 0.348. The molecule has 1 N–H and O–H groups in total. The predicted octanol–water partition coefficient (Wildman–Crippen LogP) is 4.74. The molecule has 31 heavy (non-hydrogen) atoms. The van der Waals surface area contributed by atoms with Crippen molar-refractivity contribution < 1.29 is 14.3 Å². The monoisotopic (exact) mass is 436 g/mol. The summed E-state index contributed by atoms with van der Waals surface area (Å²) < 4.78 is 14.2. The van der Waals surface area contributed by atoms with Crippen molar-refractivity contribution in [3.8, 4) is 17.2 Å². The van der Waals surface area contributed by atoms with E-state index in [0.717, 1.165) is 42.9 Å². The van der Waals surface area contributed by atoms with E-state index in [0.29, 0.717) is 16.6 Å². The topological polar surface area (TPSA) is 78.3 Å². The summed E-state index contributed by atoms with van der Waals surface area (Å²) in [6.07, 6.45) is 5.26. The van der Waals surface area contributed by atoms with E-state index in [-0.39, 0.29) is 11.7 Å². The van der Waals surface area contributed by atoms with Crippen LogP contribution in [0.1, 0.15) is 37.9 Å². The van der Waals surface area contributed by atoms with Crippen LogP contribution in [0.4, 0.5) is 5.69 Å². The lowest BCUT2D eigenvalue weighted by Crippen LogP contribution is -2.40. The summed E-state index contributed by atoms with van der Waals surface area (Å²) in [5.74, 6) is 1.83. The Morgan fingerprint density at radius 1 is 1.06 bits per heavy atom. The summed E-state index contributed by atoms with van der Waals surface area (Å²) in [4.78, 5) is 12.6. The number of carbonyl (C=O) groups excluding carboxylic acids is 1. The second kappa shape index (κ2) is 8.26. The van der Waals surface area contributed by atoms with Gasteiger partial charge in [-0.2, -0.15) is 0 Å². The van der Waals surface area contributed by atoms with E-state index in [1.54, 1.807) is 0 Å². The molecule has 0 bridgehead atoms. The van der Waals surface area contributed by atoms with Crippen molar-refractivity contribution in [2.45, 2.75) is 50.0 Å². The van der Waals surface area contributed by atoms with Crippen LogP contribution in [-0.4, -0.2) is 32.2 Å². The van der Waals surface area contributed by atoms with Gasteiger partial charge in [-0.25, -0.2) is 0 Å². The van der Waals surface area contributed by atoms with Crippen molar-refractivity contribution in [3.63, 3.8) is 0 Å². The number of nitrogens with zero attached hydrogens (tertiary/aromatic N) is 3. The van der Waals surface area contributed by atoms with Crippen LogP contribution in [0.2, 0.25) is 0 Å². The maximum atomic E-state index is 12.6. The quantitative estimate of drug-likeness (QED) is 0.582. The number of aromatic nitrogens is 3. The molecule has 1 spiro atoms. The van der Waals surface area contributed by atoms with Crippen LogP contribution in [-0.2, 0) is 4.79 Å². The van der Waals surface area contributed by atoms with E-state index in [2.05, 4.69) is 15.5 Å². The highest BCUT2D eigenvalue weighted by Gasteiger charge is 2.42. The van der Waals surface area contributed by atoms with Crippen LogP contribution in [0.3, 0.4) is 0 Å². The van der Waals surface area contributed by atoms with E-state index in [1.165, 1.54) is 18.2 Å². The second-order valence-electron chi connectivity index (χ2n) is 7.87. The molecule has 2 heterocycles. The summed E-state index contributed by atoms with van der Waals surface area (Å²) in [6.45, 7) is 1.90. The Bertz CT molecular complexity index is 1090. The maximum absolute atomic E-state index is 12.6. The Balaban J connectivity index is 1.23. The van der Waals surface area contributed by atoms with Crippen molar-refractivity contribution in [3.05, 3.63) is 54.4 Å². The minimum Gasteiger partial charge on any atom is -0.448 e. The molecule has 0 unspecified atom stereocenters. The number of rotatable bonds is 5. The molecule has 0 saturated heterocycles. The lowest BCUT2D eigenvalue weighted by Gasteiger charge is -2.31. The maximum Gasteiger partial charge on any atom is 0.251 e. The molecule has 1 aliphatic heterocycles. The first-order chi connectivity index (χ1) is 15.1. The number of aryl methyl sites for hydroxylation is 1. The molecular formula is C23H24N4O3S. The molecule has 1 amide bonds. The van der Waals surface area contributed by atoms with Gasteiger partial charge in [-0.15, -0.1) is 10.2 Å². The first kappa shape index (κ1) is 19.9. The third kappa shape index (κ3) is 4.12. The van der Waals surface area contributed by atoms with Crippen LogP contribution in [0, 0.1) is 6.92 Å². The van der Waals surface area contributed by atoms with E-state index in [1.807, 2.05) is 60.0 Å². The number of hydrogen-bond donors (Lipinski definition) is 1. The zero-order chi connectivity index (χ0) is 21.3. The van der Waals surface area contributed by atoms with Gasteiger partial charge in [0.2, 0.25) is 5.91 Å². The molecule has 3 aromatic rings. The van der Waals surface area contributed by atoms with E-state index < -0.39 is 5.79 Å². The highest BCUT2D eigenvalue weighted by atomic mass is 32.2. The largest absolute Gasteiger partial charge is 0.448 e. The highest BCUT2D eigenvalue weighted by molar-refractivity contribution is 7.99. The van der Waals surface area contributed by atoms with Crippen LogP contribution < -0.4 is 14.8 Å². The molecule has 1 saturated carbocycles. The number of thioether (sulfide) groups is 1. The molecule has 2 aliphatic rings. The van der Waals surface area contributed by atoms with Gasteiger partial charge in [-0.1, -0.05) is 36.4 Å². The Kier molecular flexibility index (Phi) is 5.31. The molecule has 2 aromatic carbocycles. The molecule has 1 fully saturated rings. The van der Waals surface area contributed by atoms with Crippen LogP contribution in [0.25, 0.3) is 5.69 Å².